The van der Waals surface area contributed by atoms with Crippen LogP contribution in [0.4, 0.5) is 0 Å². The summed E-state index contributed by atoms with van der Waals surface area (Å²) in [6, 6.07) is 0. The lowest BCUT2D eigenvalue weighted by Gasteiger charge is -2.22. The number of hydrogen-bond acceptors (Lipinski definition) is 4. The number of Topliss-reactive ketones (excluding diaryl/α,β-unsaturated/α-hetero) is 3. The van der Waals surface area contributed by atoms with Gasteiger partial charge in [0.05, 0.1) is 0 Å². The molecule has 0 bridgehead atoms. The van der Waals surface area contributed by atoms with Crippen LogP contribution < -0.4 is 0 Å². The van der Waals surface area contributed by atoms with Crippen molar-refractivity contribution in [2.45, 2.75) is 19.3 Å². The first-order valence-corrected chi connectivity index (χ1v) is 4.24. The Hall–Kier alpha value is -1.03. The van der Waals surface area contributed by atoms with E-state index in [4.69, 9.17) is 11.6 Å². The van der Waals surface area contributed by atoms with Crippen LogP contribution >= 0.6 is 11.6 Å². The van der Waals surface area contributed by atoms with Crippen molar-refractivity contribution < 1.29 is 19.2 Å². The van der Waals surface area contributed by atoms with Gasteiger partial charge in [-0.1, -0.05) is 6.42 Å². The van der Waals surface area contributed by atoms with E-state index in [-0.39, 0.29) is 5.92 Å². The van der Waals surface area contributed by atoms with Crippen molar-refractivity contribution in [3.05, 3.63) is 0 Å². The second-order valence-electron chi connectivity index (χ2n) is 2.92. The second-order valence-corrected chi connectivity index (χ2v) is 3.27. The van der Waals surface area contributed by atoms with Crippen molar-refractivity contribution in [3.8, 4) is 0 Å². The van der Waals surface area contributed by atoms with Crippen LogP contribution in [0.25, 0.3) is 0 Å². The van der Waals surface area contributed by atoms with Crippen LogP contribution in [0.1, 0.15) is 19.3 Å². The van der Waals surface area contributed by atoms with Crippen LogP contribution in [0.3, 0.4) is 0 Å². The standard InChI is InChI=1S/C8H7ClO4/c9-8(13)7(12)6(11)5(10)4-2-1-3-4/h4H,1-3H2. The van der Waals surface area contributed by atoms with Gasteiger partial charge in [-0.15, -0.1) is 0 Å². The quantitative estimate of drug-likeness (QED) is 0.373. The molecule has 70 valence electrons. The molecule has 0 aromatic heterocycles. The molecule has 0 radical (unpaired) electrons. The van der Waals surface area contributed by atoms with Crippen LogP contribution in [0.2, 0.25) is 0 Å². The SMILES string of the molecule is O=C(Cl)C(=O)C(=O)C(=O)C1CCC1. The summed E-state index contributed by atoms with van der Waals surface area (Å²) in [6.45, 7) is 0. The minimum absolute atomic E-state index is 0.368. The van der Waals surface area contributed by atoms with Crippen molar-refractivity contribution in [2.24, 2.45) is 5.92 Å². The molecular formula is C8H7ClO4. The second kappa shape index (κ2) is 3.79. The zero-order valence-electron chi connectivity index (χ0n) is 6.71. The molecule has 0 saturated heterocycles. The summed E-state index contributed by atoms with van der Waals surface area (Å²) in [5.41, 5.74) is 0. The zero-order valence-corrected chi connectivity index (χ0v) is 7.47. The van der Waals surface area contributed by atoms with Crippen LogP contribution in [0.5, 0.6) is 0 Å². The van der Waals surface area contributed by atoms with Gasteiger partial charge in [0.2, 0.25) is 5.78 Å². The van der Waals surface area contributed by atoms with Gasteiger partial charge < -0.3 is 0 Å². The summed E-state index contributed by atoms with van der Waals surface area (Å²) in [6.07, 6.45) is 2.12. The first kappa shape index (κ1) is 10.1. The zero-order chi connectivity index (χ0) is 10.0. The predicted molar refractivity (Wildman–Crippen MR) is 43.2 cm³/mol. The maximum absolute atomic E-state index is 11.1. The summed E-state index contributed by atoms with van der Waals surface area (Å²) in [7, 11) is 0. The molecule has 4 nitrogen and oxygen atoms in total. The van der Waals surface area contributed by atoms with Crippen molar-refractivity contribution in [3.63, 3.8) is 0 Å². The maximum atomic E-state index is 11.1. The van der Waals surface area contributed by atoms with E-state index in [0.29, 0.717) is 12.8 Å². The minimum atomic E-state index is -1.42. The fourth-order valence-electron chi connectivity index (χ4n) is 1.06. The molecule has 1 saturated carbocycles. The average molecular weight is 203 g/mol. The highest BCUT2D eigenvalue weighted by atomic mass is 35.5. The van der Waals surface area contributed by atoms with Crippen LogP contribution in [0.15, 0.2) is 0 Å². The van der Waals surface area contributed by atoms with E-state index in [2.05, 4.69) is 0 Å². The van der Waals surface area contributed by atoms with Gasteiger partial charge in [-0.25, -0.2) is 0 Å². The van der Waals surface area contributed by atoms with Gasteiger partial charge in [-0.3, -0.25) is 19.2 Å². The predicted octanol–water partition coefficient (Wildman–Crippen LogP) is 0.259. The largest absolute Gasteiger partial charge is 0.296 e. The van der Waals surface area contributed by atoms with E-state index in [9.17, 15) is 19.2 Å². The first-order chi connectivity index (χ1) is 6.04. The molecule has 0 unspecified atom stereocenters. The molecule has 1 aliphatic rings. The molecule has 0 heterocycles. The smallest absolute Gasteiger partial charge is 0.290 e. The van der Waals surface area contributed by atoms with Gasteiger partial charge in [-0.05, 0) is 24.4 Å². The normalized spacial score (nSPS) is 16.1. The third-order valence-corrected chi connectivity index (χ3v) is 2.26. The molecule has 0 aromatic carbocycles. The van der Waals surface area contributed by atoms with Gasteiger partial charge in [0, 0.05) is 5.92 Å². The summed E-state index contributed by atoms with van der Waals surface area (Å²) in [5.74, 6) is -3.83. The molecule has 0 amide bonds. The highest BCUT2D eigenvalue weighted by Gasteiger charge is 2.35. The van der Waals surface area contributed by atoms with E-state index in [0.717, 1.165) is 6.42 Å². The van der Waals surface area contributed by atoms with E-state index < -0.39 is 22.6 Å². The van der Waals surface area contributed by atoms with Crippen molar-refractivity contribution in [2.75, 3.05) is 0 Å². The lowest BCUT2D eigenvalue weighted by atomic mass is 9.80. The Bertz CT molecular complexity index is 291. The molecule has 0 atom stereocenters. The van der Waals surface area contributed by atoms with E-state index in [1.807, 2.05) is 0 Å². The minimum Gasteiger partial charge on any atom is -0.290 e. The monoisotopic (exact) mass is 202 g/mol. The van der Waals surface area contributed by atoms with Gasteiger partial charge >= 0.3 is 0 Å². The summed E-state index contributed by atoms with van der Waals surface area (Å²) in [5, 5.41) is -1.39. The Morgan fingerprint density at radius 2 is 1.54 bits per heavy atom. The highest BCUT2D eigenvalue weighted by molar-refractivity contribution is 6.95. The lowest BCUT2D eigenvalue weighted by Crippen LogP contribution is -2.35. The number of ketones is 3. The Kier molecular flexibility index (Phi) is 2.93. The van der Waals surface area contributed by atoms with Crippen molar-refractivity contribution in [1.29, 1.82) is 0 Å². The maximum Gasteiger partial charge on any atom is 0.296 e. The third-order valence-electron chi connectivity index (χ3n) is 2.08. The van der Waals surface area contributed by atoms with Gasteiger partial charge in [0.15, 0.2) is 0 Å². The number of carbonyl (C=O) groups is 4. The molecular weight excluding hydrogens is 196 g/mol. The topological polar surface area (TPSA) is 68.3 Å². The van der Waals surface area contributed by atoms with E-state index >= 15 is 0 Å². The van der Waals surface area contributed by atoms with Crippen LogP contribution in [0, 0.1) is 5.92 Å². The van der Waals surface area contributed by atoms with Crippen LogP contribution in [-0.2, 0) is 19.2 Å². The molecule has 1 rings (SSSR count). The summed E-state index contributed by atoms with van der Waals surface area (Å²) < 4.78 is 0. The van der Waals surface area contributed by atoms with Crippen molar-refractivity contribution >= 4 is 34.2 Å². The first-order valence-electron chi connectivity index (χ1n) is 3.86. The fourth-order valence-corrected chi connectivity index (χ4v) is 1.14. The van der Waals surface area contributed by atoms with Gasteiger partial charge in [0.1, 0.15) is 0 Å². The summed E-state index contributed by atoms with van der Waals surface area (Å²) in [4.78, 5) is 42.9. The molecule has 0 N–H and O–H groups in total. The average Bonchev–Trinajstić information content (AvgIpc) is 1.98. The molecule has 0 aliphatic heterocycles. The Labute approximate surface area is 79.2 Å². The number of halogens is 1. The number of rotatable bonds is 4. The molecule has 13 heavy (non-hydrogen) atoms. The van der Waals surface area contributed by atoms with E-state index in [1.54, 1.807) is 0 Å². The number of hydrogen-bond donors (Lipinski definition) is 0. The molecule has 1 fully saturated rings. The van der Waals surface area contributed by atoms with E-state index in [1.165, 1.54) is 0 Å². The fraction of sp³-hybridized carbons (Fsp3) is 0.500. The molecule has 0 spiro atoms. The Balaban J connectivity index is 2.61. The van der Waals surface area contributed by atoms with Gasteiger partial charge in [-0.2, -0.15) is 0 Å². The van der Waals surface area contributed by atoms with Crippen LogP contribution in [-0.4, -0.2) is 22.6 Å². The molecule has 1 aliphatic carbocycles. The Morgan fingerprint density at radius 3 is 1.85 bits per heavy atom. The lowest BCUT2D eigenvalue weighted by molar-refractivity contribution is -0.148. The highest BCUT2D eigenvalue weighted by Crippen LogP contribution is 2.27. The molecule has 5 heteroatoms. The molecule has 0 aromatic rings. The Morgan fingerprint density at radius 1 is 1.00 bits per heavy atom. The summed E-state index contributed by atoms with van der Waals surface area (Å²) >= 11 is 4.77. The third kappa shape index (κ3) is 2.01. The number of carbonyl (C=O) groups excluding carboxylic acids is 4. The van der Waals surface area contributed by atoms with Crippen molar-refractivity contribution in [1.82, 2.24) is 0 Å². The van der Waals surface area contributed by atoms with Gasteiger partial charge in [0.25, 0.3) is 16.8 Å².